The number of hydrogen-bond acceptors (Lipinski definition) is 1. The average Bonchev–Trinajstić information content (AvgIpc) is 3.08. The lowest BCUT2D eigenvalue weighted by Crippen LogP contribution is -2.05. The molecule has 0 aliphatic heterocycles. The second-order valence-corrected chi connectivity index (χ2v) is 5.19. The fraction of sp³-hybridized carbons (Fsp3) is 0.467. The number of hydrogen-bond donors (Lipinski definition) is 1. The van der Waals surface area contributed by atoms with Crippen LogP contribution in [0.4, 0.5) is 0 Å². The average molecular weight is 228 g/mol. The Morgan fingerprint density at radius 1 is 1.29 bits per heavy atom. The van der Waals surface area contributed by atoms with Gasteiger partial charge in [-0.25, -0.2) is 0 Å². The van der Waals surface area contributed by atoms with Gasteiger partial charge in [0.2, 0.25) is 0 Å². The summed E-state index contributed by atoms with van der Waals surface area (Å²) in [5.41, 5.74) is 9.86. The zero-order chi connectivity index (χ0) is 11.8. The van der Waals surface area contributed by atoms with Crippen molar-refractivity contribution in [3.8, 4) is 0 Å². The van der Waals surface area contributed by atoms with Gasteiger partial charge >= 0.3 is 0 Å². The molecule has 1 aromatic heterocycles. The van der Waals surface area contributed by atoms with E-state index in [1.165, 1.54) is 35.0 Å². The van der Waals surface area contributed by atoms with Gasteiger partial charge in [0.25, 0.3) is 0 Å². The molecule has 0 bridgehead atoms. The third kappa shape index (κ3) is 1.98. The lowest BCUT2D eigenvalue weighted by Gasteiger charge is -2.09. The maximum atomic E-state index is 5.63. The number of aryl methyl sites for hydroxylation is 2. The molecule has 1 saturated carbocycles. The van der Waals surface area contributed by atoms with Crippen LogP contribution in [0.5, 0.6) is 0 Å². The molecule has 1 aliphatic rings. The number of nitrogens with two attached hydrogens (primary N) is 1. The van der Waals surface area contributed by atoms with Crippen LogP contribution in [0.25, 0.3) is 10.9 Å². The zero-order valence-electron chi connectivity index (χ0n) is 10.4. The number of nitrogens with zero attached hydrogens (tertiary/aromatic N) is 1. The first-order chi connectivity index (χ1) is 8.29. The van der Waals surface area contributed by atoms with Crippen molar-refractivity contribution < 1.29 is 0 Å². The van der Waals surface area contributed by atoms with Crippen molar-refractivity contribution in [2.75, 3.05) is 6.54 Å². The molecule has 0 spiro atoms. The molecule has 1 aromatic carbocycles. The molecule has 2 aromatic rings. The molecule has 1 aliphatic carbocycles. The Morgan fingerprint density at radius 2 is 2.12 bits per heavy atom. The molecule has 2 N–H and O–H groups in total. The minimum absolute atomic E-state index is 0.752. The van der Waals surface area contributed by atoms with E-state index < -0.39 is 0 Å². The van der Waals surface area contributed by atoms with Crippen LogP contribution in [0.1, 0.15) is 36.6 Å². The van der Waals surface area contributed by atoms with E-state index in [0.717, 1.165) is 25.4 Å². The Morgan fingerprint density at radius 3 is 2.82 bits per heavy atom. The van der Waals surface area contributed by atoms with Crippen LogP contribution in [-0.4, -0.2) is 11.1 Å². The first kappa shape index (κ1) is 10.8. The molecule has 0 unspecified atom stereocenters. The van der Waals surface area contributed by atoms with E-state index in [-0.39, 0.29) is 0 Å². The van der Waals surface area contributed by atoms with Crippen molar-refractivity contribution in [3.63, 3.8) is 0 Å². The van der Waals surface area contributed by atoms with E-state index in [0.29, 0.717) is 0 Å². The SMILES string of the molecule is Cc1ccc2cc(CCCN)n(C3CC3)c2c1. The van der Waals surface area contributed by atoms with Gasteiger partial charge in [0.15, 0.2) is 0 Å². The van der Waals surface area contributed by atoms with Crippen molar-refractivity contribution in [1.82, 2.24) is 4.57 Å². The lowest BCUT2D eigenvalue weighted by atomic mass is 10.2. The van der Waals surface area contributed by atoms with Crippen molar-refractivity contribution in [2.45, 2.75) is 38.6 Å². The van der Waals surface area contributed by atoms with Crippen molar-refractivity contribution >= 4 is 10.9 Å². The molecule has 1 fully saturated rings. The number of fused-ring (bicyclic) bond motifs is 1. The molecule has 0 saturated heterocycles. The van der Waals surface area contributed by atoms with Crippen molar-refractivity contribution in [1.29, 1.82) is 0 Å². The number of benzene rings is 1. The van der Waals surface area contributed by atoms with E-state index in [9.17, 15) is 0 Å². The number of rotatable bonds is 4. The smallest absolute Gasteiger partial charge is 0.0487 e. The summed E-state index contributed by atoms with van der Waals surface area (Å²) < 4.78 is 2.55. The van der Waals surface area contributed by atoms with Gasteiger partial charge in [-0.1, -0.05) is 12.1 Å². The van der Waals surface area contributed by atoms with E-state index in [2.05, 4.69) is 35.8 Å². The molecular formula is C15H20N2. The summed E-state index contributed by atoms with van der Waals surface area (Å²) in [4.78, 5) is 0. The molecule has 1 heterocycles. The summed E-state index contributed by atoms with van der Waals surface area (Å²) in [6, 6.07) is 9.87. The molecule has 0 amide bonds. The van der Waals surface area contributed by atoms with Gasteiger partial charge < -0.3 is 10.3 Å². The monoisotopic (exact) mass is 228 g/mol. The van der Waals surface area contributed by atoms with Crippen LogP contribution in [0, 0.1) is 6.92 Å². The predicted molar refractivity (Wildman–Crippen MR) is 72.3 cm³/mol. The fourth-order valence-corrected chi connectivity index (χ4v) is 2.63. The summed E-state index contributed by atoms with van der Waals surface area (Å²) in [7, 11) is 0. The molecule has 0 radical (unpaired) electrons. The third-order valence-electron chi connectivity index (χ3n) is 3.63. The van der Waals surface area contributed by atoms with Gasteiger partial charge in [0.05, 0.1) is 0 Å². The lowest BCUT2D eigenvalue weighted by molar-refractivity contribution is 0.694. The topological polar surface area (TPSA) is 30.9 Å². The standard InChI is InChI=1S/C15H20N2/c1-11-4-5-12-10-14(3-2-8-16)17(13-6-7-13)15(12)9-11/h4-5,9-10,13H,2-3,6-8,16H2,1H3. The Labute approximate surface area is 102 Å². The largest absolute Gasteiger partial charge is 0.342 e. The summed E-state index contributed by atoms with van der Waals surface area (Å²) >= 11 is 0. The van der Waals surface area contributed by atoms with E-state index in [1.54, 1.807) is 0 Å². The maximum Gasteiger partial charge on any atom is 0.0487 e. The molecule has 17 heavy (non-hydrogen) atoms. The van der Waals surface area contributed by atoms with Crippen molar-refractivity contribution in [3.05, 3.63) is 35.5 Å². The summed E-state index contributed by atoms with van der Waals surface area (Å²) in [6.07, 6.45) is 4.88. The highest BCUT2D eigenvalue weighted by Gasteiger charge is 2.26. The minimum Gasteiger partial charge on any atom is -0.342 e. The zero-order valence-corrected chi connectivity index (χ0v) is 10.4. The fourth-order valence-electron chi connectivity index (χ4n) is 2.63. The Balaban J connectivity index is 2.10. The molecule has 3 rings (SSSR count). The Bertz CT molecular complexity index is 535. The van der Waals surface area contributed by atoms with Gasteiger partial charge in [-0.05, 0) is 62.2 Å². The first-order valence-corrected chi connectivity index (χ1v) is 6.60. The highest BCUT2D eigenvalue weighted by Crippen LogP contribution is 2.40. The molecular weight excluding hydrogens is 208 g/mol. The Hall–Kier alpha value is -1.28. The first-order valence-electron chi connectivity index (χ1n) is 6.60. The molecule has 2 nitrogen and oxygen atoms in total. The van der Waals surface area contributed by atoms with Gasteiger partial charge in [-0.15, -0.1) is 0 Å². The van der Waals surface area contributed by atoms with Gasteiger partial charge in [-0.3, -0.25) is 0 Å². The van der Waals surface area contributed by atoms with E-state index in [1.807, 2.05) is 0 Å². The van der Waals surface area contributed by atoms with E-state index in [4.69, 9.17) is 5.73 Å². The number of aromatic nitrogens is 1. The molecule has 0 atom stereocenters. The second-order valence-electron chi connectivity index (χ2n) is 5.19. The molecule has 90 valence electrons. The van der Waals surface area contributed by atoms with Gasteiger partial charge in [0, 0.05) is 17.3 Å². The summed E-state index contributed by atoms with van der Waals surface area (Å²) in [6.45, 7) is 2.95. The Kier molecular flexibility index (Phi) is 2.67. The van der Waals surface area contributed by atoms with Crippen LogP contribution in [0.2, 0.25) is 0 Å². The van der Waals surface area contributed by atoms with Crippen LogP contribution < -0.4 is 5.73 Å². The maximum absolute atomic E-state index is 5.63. The van der Waals surface area contributed by atoms with Crippen LogP contribution in [0.3, 0.4) is 0 Å². The van der Waals surface area contributed by atoms with Crippen molar-refractivity contribution in [2.24, 2.45) is 5.73 Å². The van der Waals surface area contributed by atoms with Gasteiger partial charge in [-0.2, -0.15) is 0 Å². The summed E-state index contributed by atoms with van der Waals surface area (Å²) in [5, 5.41) is 1.38. The molecule has 2 heteroatoms. The normalized spacial score (nSPS) is 15.6. The van der Waals surface area contributed by atoms with Gasteiger partial charge in [0.1, 0.15) is 0 Å². The van der Waals surface area contributed by atoms with Crippen LogP contribution >= 0.6 is 0 Å². The third-order valence-corrected chi connectivity index (χ3v) is 3.63. The quantitative estimate of drug-likeness (QED) is 0.856. The van der Waals surface area contributed by atoms with E-state index >= 15 is 0 Å². The minimum atomic E-state index is 0.752. The van der Waals surface area contributed by atoms with Crippen LogP contribution in [-0.2, 0) is 6.42 Å². The highest BCUT2D eigenvalue weighted by atomic mass is 15.1. The second kappa shape index (κ2) is 4.19. The van der Waals surface area contributed by atoms with Crippen LogP contribution in [0.15, 0.2) is 24.3 Å². The predicted octanol–water partition coefficient (Wildman–Crippen LogP) is 3.18. The highest BCUT2D eigenvalue weighted by molar-refractivity contribution is 5.82. The summed E-state index contributed by atoms with van der Waals surface area (Å²) in [5.74, 6) is 0.